The quantitative estimate of drug-likeness (QED) is 0.444. The normalized spacial score (nSPS) is 8.57. The molecule has 40 valence electrons. The van der Waals surface area contributed by atoms with Gasteiger partial charge in [-0.2, -0.15) is 0 Å². The first-order valence-electron chi connectivity index (χ1n) is 1.25. The van der Waals surface area contributed by atoms with Crippen molar-refractivity contribution < 1.29 is 14.5 Å². The molecule has 0 radical (unpaired) electrons. The molecule has 0 saturated heterocycles. The van der Waals surface area contributed by atoms with Crippen LogP contribution < -0.4 is 4.72 Å². The average Bonchev–Trinajstić information content (AvgIpc) is 1.61. The molecule has 0 spiro atoms. The fourth-order valence-corrected chi connectivity index (χ4v) is 0.519. The molecule has 1 amide bonds. The van der Waals surface area contributed by atoms with E-state index in [-0.39, 0.29) is 7.66 Å². The van der Waals surface area contributed by atoms with Crippen LogP contribution in [0.3, 0.4) is 0 Å². The van der Waals surface area contributed by atoms with Gasteiger partial charge in [0.1, 0.15) is 0 Å². The summed E-state index contributed by atoms with van der Waals surface area (Å²) in [7, 11) is -0.285. The standard InChI is InChI=1S/CH2NO3PS/c3-1(4)2-7-6-5/h2H,(H,3,4). The molecule has 0 fully saturated rings. The molecular formula is CH2NO3PS. The third-order valence-electron chi connectivity index (χ3n) is 0.170. The Hall–Kier alpha value is -0.280. The van der Waals surface area contributed by atoms with Crippen LogP contribution in [0.5, 0.6) is 0 Å². The highest BCUT2D eigenvalue weighted by Gasteiger charge is 1.89. The second kappa shape index (κ2) is 3.89. The number of hydrogen-bond donors (Lipinski definition) is 2. The maximum Gasteiger partial charge on any atom is 0.415 e. The highest BCUT2D eigenvalue weighted by Crippen LogP contribution is 2.10. The first kappa shape index (κ1) is 6.72. The van der Waals surface area contributed by atoms with E-state index in [1.54, 1.807) is 4.72 Å². The Balaban J connectivity index is 2.97. The Bertz CT molecular complexity index is 85.0. The van der Waals surface area contributed by atoms with Gasteiger partial charge in [0.2, 0.25) is 7.66 Å². The van der Waals surface area contributed by atoms with Gasteiger partial charge in [-0.05, 0) is 0 Å². The van der Waals surface area contributed by atoms with Crippen molar-refractivity contribution in [2.45, 2.75) is 0 Å². The van der Waals surface area contributed by atoms with E-state index in [0.717, 1.165) is 0 Å². The third kappa shape index (κ3) is 5.72. The number of carboxylic acid groups (broad SMARTS) is 1. The first-order chi connectivity index (χ1) is 3.27. The summed E-state index contributed by atoms with van der Waals surface area (Å²) in [6, 6.07) is 0. The number of hydrogen-bond acceptors (Lipinski definition) is 3. The van der Waals surface area contributed by atoms with Gasteiger partial charge in [0, 0.05) is 0 Å². The Labute approximate surface area is 45.4 Å². The molecule has 0 atom stereocenters. The molecule has 0 bridgehead atoms. The molecule has 0 aromatic rings. The molecule has 0 unspecified atom stereocenters. The molecule has 7 heavy (non-hydrogen) atoms. The minimum absolute atomic E-state index is 0.285. The lowest BCUT2D eigenvalue weighted by atomic mass is 11.3. The molecule has 0 aliphatic rings. The van der Waals surface area contributed by atoms with Crippen LogP contribution in [0.4, 0.5) is 4.79 Å². The lowest BCUT2D eigenvalue weighted by molar-refractivity contribution is 0.202. The maximum absolute atomic E-state index is 9.48. The molecule has 0 saturated carbocycles. The van der Waals surface area contributed by atoms with Crippen LogP contribution in [-0.4, -0.2) is 11.2 Å². The Morgan fingerprint density at radius 1 is 1.86 bits per heavy atom. The van der Waals surface area contributed by atoms with Gasteiger partial charge in [-0.3, -0.25) is 9.29 Å². The van der Waals surface area contributed by atoms with Gasteiger partial charge in [-0.25, -0.2) is 4.79 Å². The zero-order valence-electron chi connectivity index (χ0n) is 3.12. The third-order valence-corrected chi connectivity index (χ3v) is 1.01. The minimum Gasteiger partial charge on any atom is -0.464 e. The van der Waals surface area contributed by atoms with Gasteiger partial charge in [-0.1, -0.05) is 0 Å². The lowest BCUT2D eigenvalue weighted by Gasteiger charge is -1.83. The Kier molecular flexibility index (Phi) is 3.74. The molecule has 0 aliphatic carbocycles. The lowest BCUT2D eigenvalue weighted by Crippen LogP contribution is -2.08. The summed E-state index contributed by atoms with van der Waals surface area (Å²) in [5.41, 5.74) is 0. The SMILES string of the molecule is O=PSNC(=O)O. The summed E-state index contributed by atoms with van der Waals surface area (Å²) in [5, 5.41) is 7.77. The number of rotatable bonds is 2. The van der Waals surface area contributed by atoms with Crippen molar-refractivity contribution in [1.82, 2.24) is 4.72 Å². The van der Waals surface area contributed by atoms with E-state index in [4.69, 9.17) is 5.11 Å². The van der Waals surface area contributed by atoms with Crippen LogP contribution in [0.2, 0.25) is 0 Å². The summed E-state index contributed by atoms with van der Waals surface area (Å²) >= 11 is 0.583. The summed E-state index contributed by atoms with van der Waals surface area (Å²) in [6.45, 7) is 0. The van der Waals surface area contributed by atoms with Crippen molar-refractivity contribution in [3.63, 3.8) is 0 Å². The van der Waals surface area contributed by atoms with Crippen LogP contribution in [-0.2, 0) is 4.57 Å². The van der Waals surface area contributed by atoms with Crippen LogP contribution in [0.1, 0.15) is 0 Å². The van der Waals surface area contributed by atoms with E-state index < -0.39 is 6.09 Å². The van der Waals surface area contributed by atoms with E-state index in [2.05, 4.69) is 0 Å². The number of amides is 1. The summed E-state index contributed by atoms with van der Waals surface area (Å²) in [6.07, 6.45) is -1.19. The fraction of sp³-hybridized carbons (Fsp3) is 0. The van der Waals surface area contributed by atoms with Gasteiger partial charge < -0.3 is 5.11 Å². The van der Waals surface area contributed by atoms with Crippen molar-refractivity contribution in [2.75, 3.05) is 0 Å². The average molecular weight is 139 g/mol. The fourth-order valence-electron chi connectivity index (χ4n) is 0.0577. The minimum atomic E-state index is -1.19. The molecule has 4 nitrogen and oxygen atoms in total. The molecule has 6 heteroatoms. The zero-order valence-corrected chi connectivity index (χ0v) is 4.83. The van der Waals surface area contributed by atoms with E-state index >= 15 is 0 Å². The van der Waals surface area contributed by atoms with Gasteiger partial charge in [0.15, 0.2) is 0 Å². The highest BCUT2D eigenvalue weighted by molar-refractivity contribution is 8.44. The van der Waals surface area contributed by atoms with Crippen molar-refractivity contribution >= 4 is 25.3 Å². The smallest absolute Gasteiger partial charge is 0.415 e. The van der Waals surface area contributed by atoms with Crippen molar-refractivity contribution in [3.05, 3.63) is 0 Å². The zero-order chi connectivity index (χ0) is 5.70. The van der Waals surface area contributed by atoms with Gasteiger partial charge in [-0.15, -0.1) is 0 Å². The summed E-state index contributed by atoms with van der Waals surface area (Å²) in [4.78, 5) is 9.48. The molecule has 0 aromatic heterocycles. The van der Waals surface area contributed by atoms with Gasteiger partial charge in [0.05, 0.1) is 11.6 Å². The van der Waals surface area contributed by atoms with Crippen LogP contribution in [0, 0.1) is 0 Å². The largest absolute Gasteiger partial charge is 0.464 e. The van der Waals surface area contributed by atoms with Crippen molar-refractivity contribution in [3.8, 4) is 0 Å². The molecule has 0 heterocycles. The molecule has 0 rings (SSSR count). The predicted octanol–water partition coefficient (Wildman–Crippen LogP) is 1.11. The topological polar surface area (TPSA) is 66.4 Å². The summed E-state index contributed by atoms with van der Waals surface area (Å²) in [5.74, 6) is 0. The second-order valence-electron chi connectivity index (χ2n) is 0.573. The van der Waals surface area contributed by atoms with Crippen molar-refractivity contribution in [2.24, 2.45) is 0 Å². The molecule has 0 aromatic carbocycles. The molecule has 2 N–H and O–H groups in total. The van der Waals surface area contributed by atoms with E-state index in [9.17, 15) is 9.36 Å². The number of nitrogens with one attached hydrogen (secondary N) is 1. The Morgan fingerprint density at radius 2 is 2.43 bits per heavy atom. The highest BCUT2D eigenvalue weighted by atomic mass is 32.7. The van der Waals surface area contributed by atoms with Gasteiger partial charge in [0.25, 0.3) is 0 Å². The number of carbonyl (C=O) groups is 1. The summed E-state index contributed by atoms with van der Waals surface area (Å²) < 4.78 is 11.2. The predicted molar refractivity (Wildman–Crippen MR) is 26.4 cm³/mol. The maximum atomic E-state index is 9.48. The molecular weight excluding hydrogens is 137 g/mol. The monoisotopic (exact) mass is 139 g/mol. The van der Waals surface area contributed by atoms with Crippen LogP contribution >= 0.6 is 19.2 Å². The second-order valence-corrected chi connectivity index (χ2v) is 2.10. The van der Waals surface area contributed by atoms with Crippen LogP contribution in [0.15, 0.2) is 0 Å². The van der Waals surface area contributed by atoms with Crippen molar-refractivity contribution in [1.29, 1.82) is 0 Å². The Morgan fingerprint density at radius 3 is 2.57 bits per heavy atom. The first-order valence-corrected chi connectivity index (χ1v) is 3.48. The van der Waals surface area contributed by atoms with Crippen LogP contribution in [0.25, 0.3) is 0 Å². The van der Waals surface area contributed by atoms with E-state index in [1.807, 2.05) is 0 Å². The molecule has 0 aliphatic heterocycles. The van der Waals surface area contributed by atoms with Gasteiger partial charge >= 0.3 is 6.09 Å². The van der Waals surface area contributed by atoms with E-state index in [0.29, 0.717) is 11.6 Å². The van der Waals surface area contributed by atoms with E-state index in [1.165, 1.54) is 0 Å².